The Morgan fingerprint density at radius 1 is 1.07 bits per heavy atom. The molecule has 0 spiro atoms. The number of aromatic amines is 1. The van der Waals surface area contributed by atoms with Gasteiger partial charge in [-0.3, -0.25) is 4.98 Å². The van der Waals surface area contributed by atoms with Crippen LogP contribution in [0.4, 0.5) is 0 Å². The van der Waals surface area contributed by atoms with E-state index in [1.165, 1.54) is 0 Å². The third-order valence-corrected chi connectivity index (χ3v) is 2.38. The van der Waals surface area contributed by atoms with Gasteiger partial charge >= 0.3 is 0 Å². The number of hydrogen-bond acceptors (Lipinski definition) is 2. The number of benzene rings is 1. The van der Waals surface area contributed by atoms with Crippen molar-refractivity contribution in [3.63, 3.8) is 0 Å². The van der Waals surface area contributed by atoms with Gasteiger partial charge in [0.1, 0.15) is 5.75 Å². The number of phenols is 1. The first-order valence-electron chi connectivity index (χ1n) is 4.39. The van der Waals surface area contributed by atoms with Crippen molar-refractivity contribution in [3.05, 3.63) is 36.7 Å². The number of aromatic hydroxyl groups is 1. The van der Waals surface area contributed by atoms with E-state index < -0.39 is 0 Å². The summed E-state index contributed by atoms with van der Waals surface area (Å²) < 4.78 is 0. The lowest BCUT2D eigenvalue weighted by atomic mass is 10.2. The molecular formula is C11H8N2O. The molecule has 0 saturated heterocycles. The third kappa shape index (κ3) is 0.893. The zero-order valence-electron chi connectivity index (χ0n) is 7.36. The van der Waals surface area contributed by atoms with Gasteiger partial charge in [0, 0.05) is 34.2 Å². The van der Waals surface area contributed by atoms with Crippen molar-refractivity contribution in [1.29, 1.82) is 0 Å². The van der Waals surface area contributed by atoms with Crippen LogP contribution in [0.5, 0.6) is 5.75 Å². The number of nitrogens with zero attached hydrogens (tertiary/aromatic N) is 1. The number of aromatic nitrogens is 2. The summed E-state index contributed by atoms with van der Waals surface area (Å²) >= 11 is 0. The molecular weight excluding hydrogens is 176 g/mol. The Kier molecular flexibility index (Phi) is 1.31. The lowest BCUT2D eigenvalue weighted by molar-refractivity contribution is 0.476. The van der Waals surface area contributed by atoms with Crippen molar-refractivity contribution in [2.24, 2.45) is 0 Å². The Hall–Kier alpha value is -2.03. The number of nitrogens with one attached hydrogen (secondary N) is 1. The molecule has 0 aliphatic heterocycles. The predicted octanol–water partition coefficient (Wildman–Crippen LogP) is 2.42. The van der Waals surface area contributed by atoms with Crippen LogP contribution < -0.4 is 0 Å². The van der Waals surface area contributed by atoms with Gasteiger partial charge in [-0.2, -0.15) is 0 Å². The molecule has 3 rings (SSSR count). The third-order valence-electron chi connectivity index (χ3n) is 2.38. The van der Waals surface area contributed by atoms with E-state index >= 15 is 0 Å². The fraction of sp³-hybridized carbons (Fsp3) is 0. The number of H-pyrrole nitrogens is 1. The summed E-state index contributed by atoms with van der Waals surface area (Å²) in [5.41, 5.74) is 2.06. The van der Waals surface area contributed by atoms with Gasteiger partial charge in [0.05, 0.1) is 0 Å². The Labute approximate surface area is 80.0 Å². The molecule has 0 radical (unpaired) electrons. The van der Waals surface area contributed by atoms with Gasteiger partial charge in [0.25, 0.3) is 0 Å². The summed E-state index contributed by atoms with van der Waals surface area (Å²) in [6.45, 7) is 0. The first kappa shape index (κ1) is 7.38. The summed E-state index contributed by atoms with van der Waals surface area (Å²) in [7, 11) is 0. The van der Waals surface area contributed by atoms with Crippen LogP contribution in [-0.4, -0.2) is 15.1 Å². The maximum absolute atomic E-state index is 9.37. The van der Waals surface area contributed by atoms with Gasteiger partial charge in [-0.15, -0.1) is 0 Å². The van der Waals surface area contributed by atoms with Gasteiger partial charge in [-0.05, 0) is 24.3 Å². The number of fused-ring (bicyclic) bond motifs is 3. The highest BCUT2D eigenvalue weighted by molar-refractivity contribution is 6.07. The number of rotatable bonds is 0. The zero-order chi connectivity index (χ0) is 9.54. The topological polar surface area (TPSA) is 48.9 Å². The van der Waals surface area contributed by atoms with E-state index in [1.807, 2.05) is 12.1 Å². The summed E-state index contributed by atoms with van der Waals surface area (Å²) in [5, 5.41) is 11.4. The minimum absolute atomic E-state index is 0.280. The fourth-order valence-electron chi connectivity index (χ4n) is 1.73. The SMILES string of the molecule is Oc1ccc2[nH]c3ccncc3c2c1. The van der Waals surface area contributed by atoms with Crippen LogP contribution in [0.2, 0.25) is 0 Å². The molecule has 0 fully saturated rings. The molecule has 2 aromatic heterocycles. The lowest BCUT2D eigenvalue weighted by Gasteiger charge is -1.91. The Morgan fingerprint density at radius 3 is 2.86 bits per heavy atom. The summed E-state index contributed by atoms with van der Waals surface area (Å²) in [4.78, 5) is 7.32. The molecule has 0 atom stereocenters. The molecule has 0 unspecified atom stereocenters. The highest BCUT2D eigenvalue weighted by Crippen LogP contribution is 2.27. The van der Waals surface area contributed by atoms with Crippen molar-refractivity contribution in [2.75, 3.05) is 0 Å². The van der Waals surface area contributed by atoms with Crippen LogP contribution in [0.3, 0.4) is 0 Å². The lowest BCUT2D eigenvalue weighted by Crippen LogP contribution is -1.69. The summed E-state index contributed by atoms with van der Waals surface area (Å²) in [6.07, 6.45) is 3.55. The standard InChI is InChI=1S/C11H8N2O/c14-7-1-2-10-8(5-7)9-6-12-4-3-11(9)13-10/h1-6,13-14H. The quantitative estimate of drug-likeness (QED) is 0.563. The van der Waals surface area contributed by atoms with Crippen LogP contribution in [0.15, 0.2) is 36.7 Å². The van der Waals surface area contributed by atoms with E-state index in [2.05, 4.69) is 9.97 Å². The van der Waals surface area contributed by atoms with Crippen molar-refractivity contribution in [3.8, 4) is 5.75 Å². The fourth-order valence-corrected chi connectivity index (χ4v) is 1.73. The average Bonchev–Trinajstić information content (AvgIpc) is 2.56. The average molecular weight is 184 g/mol. The second kappa shape index (κ2) is 2.48. The highest BCUT2D eigenvalue weighted by atomic mass is 16.3. The molecule has 14 heavy (non-hydrogen) atoms. The molecule has 68 valence electrons. The Bertz CT molecular complexity index is 613. The number of pyridine rings is 1. The second-order valence-corrected chi connectivity index (χ2v) is 3.28. The van der Waals surface area contributed by atoms with Crippen molar-refractivity contribution < 1.29 is 5.11 Å². The van der Waals surface area contributed by atoms with E-state index in [1.54, 1.807) is 24.5 Å². The number of phenolic OH excluding ortho intramolecular Hbond substituents is 1. The monoisotopic (exact) mass is 184 g/mol. The van der Waals surface area contributed by atoms with E-state index in [-0.39, 0.29) is 5.75 Å². The van der Waals surface area contributed by atoms with Crippen molar-refractivity contribution >= 4 is 21.8 Å². The van der Waals surface area contributed by atoms with Gasteiger partial charge < -0.3 is 10.1 Å². The minimum atomic E-state index is 0.280. The molecule has 0 amide bonds. The Morgan fingerprint density at radius 2 is 1.93 bits per heavy atom. The van der Waals surface area contributed by atoms with Gasteiger partial charge in [-0.25, -0.2) is 0 Å². The molecule has 0 bridgehead atoms. The predicted molar refractivity (Wildman–Crippen MR) is 55.3 cm³/mol. The molecule has 0 aliphatic carbocycles. The molecule has 1 aromatic carbocycles. The highest BCUT2D eigenvalue weighted by Gasteiger charge is 2.03. The maximum atomic E-state index is 9.37. The van der Waals surface area contributed by atoms with E-state index in [0.29, 0.717) is 0 Å². The van der Waals surface area contributed by atoms with Gasteiger partial charge in [-0.1, -0.05) is 0 Å². The van der Waals surface area contributed by atoms with Crippen molar-refractivity contribution in [2.45, 2.75) is 0 Å². The molecule has 3 aromatic rings. The van der Waals surface area contributed by atoms with E-state index in [0.717, 1.165) is 21.8 Å². The van der Waals surface area contributed by atoms with Gasteiger partial charge in [0.2, 0.25) is 0 Å². The van der Waals surface area contributed by atoms with Gasteiger partial charge in [0.15, 0.2) is 0 Å². The molecule has 3 heteroatoms. The van der Waals surface area contributed by atoms with Crippen LogP contribution >= 0.6 is 0 Å². The minimum Gasteiger partial charge on any atom is -0.508 e. The molecule has 2 heterocycles. The summed E-state index contributed by atoms with van der Waals surface area (Å²) in [6, 6.07) is 7.21. The first-order valence-corrected chi connectivity index (χ1v) is 4.39. The largest absolute Gasteiger partial charge is 0.508 e. The Balaban J connectivity index is 2.58. The molecule has 2 N–H and O–H groups in total. The van der Waals surface area contributed by atoms with Crippen LogP contribution in [0.25, 0.3) is 21.8 Å². The zero-order valence-corrected chi connectivity index (χ0v) is 7.36. The van der Waals surface area contributed by atoms with Crippen LogP contribution in [-0.2, 0) is 0 Å². The maximum Gasteiger partial charge on any atom is 0.116 e. The first-order chi connectivity index (χ1) is 6.84. The van der Waals surface area contributed by atoms with E-state index in [9.17, 15) is 5.11 Å². The summed E-state index contributed by atoms with van der Waals surface area (Å²) in [5.74, 6) is 0.280. The molecule has 0 aliphatic rings. The smallest absolute Gasteiger partial charge is 0.116 e. The van der Waals surface area contributed by atoms with Crippen LogP contribution in [0.1, 0.15) is 0 Å². The van der Waals surface area contributed by atoms with Crippen LogP contribution in [0, 0.1) is 0 Å². The normalized spacial score (nSPS) is 11.1. The second-order valence-electron chi connectivity index (χ2n) is 3.28. The molecule has 0 saturated carbocycles. The van der Waals surface area contributed by atoms with E-state index in [4.69, 9.17) is 0 Å². The van der Waals surface area contributed by atoms with Crippen molar-refractivity contribution in [1.82, 2.24) is 9.97 Å². The molecule has 3 nitrogen and oxygen atoms in total. The number of hydrogen-bond donors (Lipinski definition) is 2.